The summed E-state index contributed by atoms with van der Waals surface area (Å²) in [5.41, 5.74) is 3.86. The summed E-state index contributed by atoms with van der Waals surface area (Å²) in [5, 5.41) is 3.36. The van der Waals surface area contributed by atoms with E-state index >= 15 is 0 Å². The lowest BCUT2D eigenvalue weighted by molar-refractivity contribution is 0.400. The minimum absolute atomic E-state index is 0.205. The number of aryl methyl sites for hydroxylation is 1. The van der Waals surface area contributed by atoms with Crippen LogP contribution in [-0.2, 0) is 0 Å². The van der Waals surface area contributed by atoms with Gasteiger partial charge >= 0.3 is 0 Å². The molecule has 0 fully saturated rings. The van der Waals surface area contributed by atoms with E-state index < -0.39 is 0 Å². The maximum Gasteiger partial charge on any atom is 0.128 e. The third-order valence-corrected chi connectivity index (χ3v) is 3.85. The minimum Gasteiger partial charge on any atom is -0.496 e. The van der Waals surface area contributed by atoms with Gasteiger partial charge in [-0.3, -0.25) is 0 Å². The molecule has 1 unspecified atom stereocenters. The zero-order chi connectivity index (χ0) is 15.4. The van der Waals surface area contributed by atoms with Crippen molar-refractivity contribution >= 4 is 0 Å². The van der Waals surface area contributed by atoms with Crippen LogP contribution < -0.4 is 10.1 Å². The zero-order valence-electron chi connectivity index (χ0n) is 13.0. The molecule has 0 aliphatic rings. The first-order valence-electron chi connectivity index (χ1n) is 7.22. The van der Waals surface area contributed by atoms with Gasteiger partial charge in [-0.25, -0.2) is 4.39 Å². The van der Waals surface area contributed by atoms with E-state index in [9.17, 15) is 4.39 Å². The summed E-state index contributed by atoms with van der Waals surface area (Å²) in [6.45, 7) is 6.84. The number of rotatable bonds is 5. The minimum atomic E-state index is -0.217. The Labute approximate surface area is 126 Å². The molecule has 0 saturated carbocycles. The van der Waals surface area contributed by atoms with Gasteiger partial charge in [0.05, 0.1) is 13.2 Å². The predicted molar refractivity (Wildman–Crippen MR) is 84.4 cm³/mol. The molecule has 1 N–H and O–H groups in total. The van der Waals surface area contributed by atoms with Gasteiger partial charge in [0.25, 0.3) is 0 Å². The molecule has 0 aliphatic carbocycles. The van der Waals surface area contributed by atoms with Crippen molar-refractivity contribution in [3.63, 3.8) is 0 Å². The van der Waals surface area contributed by atoms with Gasteiger partial charge in [0.15, 0.2) is 0 Å². The van der Waals surface area contributed by atoms with E-state index in [2.05, 4.69) is 11.4 Å². The van der Waals surface area contributed by atoms with Gasteiger partial charge in [0.2, 0.25) is 0 Å². The van der Waals surface area contributed by atoms with Crippen LogP contribution in [0.15, 0.2) is 36.4 Å². The molecule has 2 aromatic rings. The molecule has 2 rings (SSSR count). The van der Waals surface area contributed by atoms with Crippen molar-refractivity contribution in [3.8, 4) is 5.75 Å². The molecule has 0 amide bonds. The van der Waals surface area contributed by atoms with Gasteiger partial charge in [0.1, 0.15) is 11.6 Å². The summed E-state index contributed by atoms with van der Waals surface area (Å²) >= 11 is 0. The molecular weight excluding hydrogens is 265 g/mol. The first-order chi connectivity index (χ1) is 10.1. The second-order valence-corrected chi connectivity index (χ2v) is 5.14. The first kappa shape index (κ1) is 15.5. The van der Waals surface area contributed by atoms with Crippen LogP contribution in [0.5, 0.6) is 5.75 Å². The number of hydrogen-bond donors (Lipinski definition) is 1. The Kier molecular flexibility index (Phi) is 4.97. The summed E-state index contributed by atoms with van der Waals surface area (Å²) in [6.07, 6.45) is 0. The third kappa shape index (κ3) is 3.08. The highest BCUT2D eigenvalue weighted by Gasteiger charge is 2.21. The summed E-state index contributed by atoms with van der Waals surface area (Å²) in [7, 11) is 1.66. The van der Waals surface area contributed by atoms with E-state index in [-0.39, 0.29) is 11.9 Å². The number of halogens is 1. The van der Waals surface area contributed by atoms with Crippen LogP contribution in [0.4, 0.5) is 4.39 Å². The first-order valence-corrected chi connectivity index (χ1v) is 7.22. The van der Waals surface area contributed by atoms with E-state index in [1.807, 2.05) is 39.0 Å². The molecule has 0 heterocycles. The molecule has 0 aromatic heterocycles. The average molecular weight is 287 g/mol. The van der Waals surface area contributed by atoms with Gasteiger partial charge in [-0.15, -0.1) is 0 Å². The van der Waals surface area contributed by atoms with Crippen molar-refractivity contribution in [3.05, 3.63) is 64.5 Å². The van der Waals surface area contributed by atoms with Gasteiger partial charge in [-0.05, 0) is 37.6 Å². The van der Waals surface area contributed by atoms with E-state index in [0.717, 1.165) is 23.4 Å². The van der Waals surface area contributed by atoms with Gasteiger partial charge in [-0.2, -0.15) is 0 Å². The monoisotopic (exact) mass is 287 g/mol. The van der Waals surface area contributed by atoms with Crippen LogP contribution in [0.2, 0.25) is 0 Å². The van der Waals surface area contributed by atoms with Crippen LogP contribution >= 0.6 is 0 Å². The number of methoxy groups -OCH3 is 1. The van der Waals surface area contributed by atoms with Crippen molar-refractivity contribution in [2.45, 2.75) is 26.8 Å². The molecule has 0 bridgehead atoms. The lowest BCUT2D eigenvalue weighted by Crippen LogP contribution is -2.23. The topological polar surface area (TPSA) is 21.3 Å². The number of benzene rings is 2. The Hall–Kier alpha value is -1.87. The lowest BCUT2D eigenvalue weighted by Gasteiger charge is -2.23. The number of ether oxygens (including phenoxy) is 1. The Morgan fingerprint density at radius 1 is 1.10 bits per heavy atom. The van der Waals surface area contributed by atoms with Crippen LogP contribution in [0.1, 0.15) is 35.2 Å². The fraction of sp³-hybridized carbons (Fsp3) is 0.333. The van der Waals surface area contributed by atoms with E-state index in [1.54, 1.807) is 13.2 Å². The summed E-state index contributed by atoms with van der Waals surface area (Å²) in [6, 6.07) is 10.7. The van der Waals surface area contributed by atoms with Crippen molar-refractivity contribution in [2.75, 3.05) is 13.7 Å². The van der Waals surface area contributed by atoms with Crippen LogP contribution in [0, 0.1) is 19.7 Å². The Morgan fingerprint density at radius 3 is 2.43 bits per heavy atom. The Bertz CT molecular complexity index is 625. The molecule has 112 valence electrons. The second kappa shape index (κ2) is 6.72. The maximum atomic E-state index is 14.2. The summed E-state index contributed by atoms with van der Waals surface area (Å²) in [4.78, 5) is 0. The highest BCUT2D eigenvalue weighted by molar-refractivity contribution is 5.49. The van der Waals surface area contributed by atoms with Crippen molar-refractivity contribution in [1.82, 2.24) is 5.32 Å². The smallest absolute Gasteiger partial charge is 0.128 e. The molecule has 0 saturated heterocycles. The summed E-state index contributed by atoms with van der Waals surface area (Å²) in [5.74, 6) is 0.618. The largest absolute Gasteiger partial charge is 0.496 e. The molecule has 0 spiro atoms. The average Bonchev–Trinajstić information content (AvgIpc) is 2.48. The molecule has 21 heavy (non-hydrogen) atoms. The van der Waals surface area contributed by atoms with Crippen molar-refractivity contribution < 1.29 is 9.13 Å². The molecule has 0 radical (unpaired) electrons. The Morgan fingerprint density at radius 2 is 1.81 bits per heavy atom. The SMILES string of the molecule is CCNC(c1ccccc1F)c1ccc(C)c(C)c1OC. The fourth-order valence-electron chi connectivity index (χ4n) is 2.61. The van der Waals surface area contributed by atoms with Crippen molar-refractivity contribution in [1.29, 1.82) is 0 Å². The van der Waals surface area contributed by atoms with Crippen LogP contribution in [0.25, 0.3) is 0 Å². The fourth-order valence-corrected chi connectivity index (χ4v) is 2.61. The lowest BCUT2D eigenvalue weighted by atomic mass is 9.94. The maximum absolute atomic E-state index is 14.2. The van der Waals surface area contributed by atoms with Gasteiger partial charge in [-0.1, -0.05) is 37.3 Å². The second-order valence-electron chi connectivity index (χ2n) is 5.14. The normalized spacial score (nSPS) is 12.2. The molecule has 3 heteroatoms. The zero-order valence-corrected chi connectivity index (χ0v) is 13.0. The highest BCUT2D eigenvalue weighted by atomic mass is 19.1. The predicted octanol–water partition coefficient (Wildman–Crippen LogP) is 4.15. The molecule has 0 aliphatic heterocycles. The van der Waals surface area contributed by atoms with Crippen LogP contribution in [-0.4, -0.2) is 13.7 Å². The molecule has 1 atom stereocenters. The van der Waals surface area contributed by atoms with Gasteiger partial charge in [0, 0.05) is 11.1 Å². The summed E-state index contributed by atoms with van der Waals surface area (Å²) < 4.78 is 19.8. The molecule has 2 nitrogen and oxygen atoms in total. The van der Waals surface area contributed by atoms with E-state index in [0.29, 0.717) is 5.56 Å². The number of hydrogen-bond acceptors (Lipinski definition) is 2. The van der Waals surface area contributed by atoms with E-state index in [4.69, 9.17) is 4.74 Å². The van der Waals surface area contributed by atoms with Gasteiger partial charge < -0.3 is 10.1 Å². The van der Waals surface area contributed by atoms with E-state index in [1.165, 1.54) is 11.6 Å². The standard InChI is InChI=1S/C18H22FNO/c1-5-20-17(14-8-6-7-9-16(14)19)15-11-10-12(2)13(3)18(15)21-4/h6-11,17,20H,5H2,1-4H3. The third-order valence-electron chi connectivity index (χ3n) is 3.85. The van der Waals surface area contributed by atoms with Crippen LogP contribution in [0.3, 0.4) is 0 Å². The number of nitrogens with one attached hydrogen (secondary N) is 1. The Balaban J connectivity index is 2.59. The highest BCUT2D eigenvalue weighted by Crippen LogP contribution is 2.34. The molecular formula is C18H22FNO. The molecule has 2 aromatic carbocycles. The quantitative estimate of drug-likeness (QED) is 0.892. The van der Waals surface area contributed by atoms with Crippen molar-refractivity contribution in [2.24, 2.45) is 0 Å².